The quantitative estimate of drug-likeness (QED) is 0.597. The van der Waals surface area contributed by atoms with Gasteiger partial charge in [0.05, 0.1) is 10.8 Å². The van der Waals surface area contributed by atoms with Gasteiger partial charge in [0, 0.05) is 43.9 Å². The van der Waals surface area contributed by atoms with E-state index >= 15 is 0 Å². The Hall–Kier alpha value is -2.19. The lowest BCUT2D eigenvalue weighted by molar-refractivity contribution is -0.384. The molecular weight excluding hydrogens is 348 g/mol. The Morgan fingerprint density at radius 2 is 2.12 bits per heavy atom. The molecule has 1 atom stereocenters. The molecule has 1 aromatic carbocycles. The molecule has 0 saturated carbocycles. The first-order valence-corrected chi connectivity index (χ1v) is 7.95. The fraction of sp³-hybridized carbons (Fsp3) is 0.500. The van der Waals surface area contributed by atoms with Crippen LogP contribution in [0.4, 0.5) is 5.69 Å². The number of nitrogens with two attached hydrogens (primary N) is 1. The first kappa shape index (κ1) is 20.9. The predicted octanol–water partition coefficient (Wildman–Crippen LogP) is 1.25. The third kappa shape index (κ3) is 5.40. The van der Waals surface area contributed by atoms with Crippen molar-refractivity contribution in [3.8, 4) is 0 Å². The average molecular weight is 371 g/mol. The van der Waals surface area contributed by atoms with Crippen molar-refractivity contribution in [3.05, 3.63) is 39.4 Å². The second-order valence-corrected chi connectivity index (χ2v) is 5.98. The third-order valence-electron chi connectivity index (χ3n) is 4.04. The molecule has 9 heteroatoms. The SMILES string of the molecule is Cc1cc(C(=O)N2CCCC(C(=O)NCCN)C2)cc([N+](=O)[O-])c1.Cl. The number of amides is 2. The van der Waals surface area contributed by atoms with Gasteiger partial charge >= 0.3 is 0 Å². The summed E-state index contributed by atoms with van der Waals surface area (Å²) in [5, 5.41) is 13.7. The molecule has 1 unspecified atom stereocenters. The van der Waals surface area contributed by atoms with Gasteiger partial charge < -0.3 is 16.0 Å². The van der Waals surface area contributed by atoms with Crippen LogP contribution in [0.2, 0.25) is 0 Å². The molecule has 1 heterocycles. The minimum absolute atomic E-state index is 0. The summed E-state index contributed by atoms with van der Waals surface area (Å²) in [5.41, 5.74) is 6.21. The normalized spacial score (nSPS) is 16.7. The first-order chi connectivity index (χ1) is 11.4. The van der Waals surface area contributed by atoms with Gasteiger partial charge in [-0.05, 0) is 31.4 Å². The molecule has 0 aromatic heterocycles. The number of piperidine rings is 1. The molecular formula is C16H23ClN4O4. The van der Waals surface area contributed by atoms with Crippen LogP contribution < -0.4 is 11.1 Å². The maximum atomic E-state index is 12.7. The van der Waals surface area contributed by atoms with Gasteiger partial charge in [-0.25, -0.2) is 0 Å². The molecule has 2 rings (SSSR count). The zero-order valence-corrected chi connectivity index (χ0v) is 14.9. The highest BCUT2D eigenvalue weighted by Gasteiger charge is 2.29. The van der Waals surface area contributed by atoms with Crippen molar-refractivity contribution in [2.24, 2.45) is 11.7 Å². The Labute approximate surface area is 152 Å². The number of likely N-dealkylation sites (tertiary alicyclic amines) is 1. The highest BCUT2D eigenvalue weighted by Crippen LogP contribution is 2.22. The van der Waals surface area contributed by atoms with E-state index in [-0.39, 0.29) is 41.4 Å². The molecule has 1 aliphatic rings. The molecule has 2 amide bonds. The van der Waals surface area contributed by atoms with Crippen molar-refractivity contribution in [1.29, 1.82) is 0 Å². The molecule has 3 N–H and O–H groups in total. The largest absolute Gasteiger partial charge is 0.355 e. The Bertz CT molecular complexity index is 653. The number of aryl methyl sites for hydroxylation is 1. The standard InChI is InChI=1S/C16H22N4O4.ClH/c1-11-7-13(9-14(8-11)20(23)24)16(22)19-6-2-3-12(10-19)15(21)18-5-4-17;/h7-9,12H,2-6,10,17H2,1H3,(H,18,21);1H. The van der Waals surface area contributed by atoms with E-state index < -0.39 is 4.92 Å². The number of non-ortho nitro benzene ring substituents is 1. The summed E-state index contributed by atoms with van der Waals surface area (Å²) < 4.78 is 0. The second-order valence-electron chi connectivity index (χ2n) is 5.98. The van der Waals surface area contributed by atoms with Crippen LogP contribution in [-0.2, 0) is 4.79 Å². The summed E-state index contributed by atoms with van der Waals surface area (Å²) >= 11 is 0. The van der Waals surface area contributed by atoms with Crippen molar-refractivity contribution in [2.75, 3.05) is 26.2 Å². The van der Waals surface area contributed by atoms with Crippen molar-refractivity contribution in [1.82, 2.24) is 10.2 Å². The van der Waals surface area contributed by atoms with Crippen LogP contribution in [0.1, 0.15) is 28.8 Å². The van der Waals surface area contributed by atoms with Crippen LogP contribution in [0, 0.1) is 23.0 Å². The Morgan fingerprint density at radius 1 is 1.40 bits per heavy atom. The van der Waals surface area contributed by atoms with Gasteiger partial charge in [-0.2, -0.15) is 0 Å². The number of hydrogen-bond donors (Lipinski definition) is 2. The fourth-order valence-electron chi connectivity index (χ4n) is 2.89. The highest BCUT2D eigenvalue weighted by molar-refractivity contribution is 5.95. The van der Waals surface area contributed by atoms with Crippen LogP contribution in [-0.4, -0.2) is 47.8 Å². The molecule has 138 valence electrons. The Balaban J connectivity index is 0.00000312. The van der Waals surface area contributed by atoms with Crippen LogP contribution >= 0.6 is 12.4 Å². The van der Waals surface area contributed by atoms with E-state index in [0.29, 0.717) is 38.2 Å². The van der Waals surface area contributed by atoms with Gasteiger partial charge in [-0.3, -0.25) is 19.7 Å². The lowest BCUT2D eigenvalue weighted by atomic mass is 9.96. The van der Waals surface area contributed by atoms with Gasteiger partial charge in [0.1, 0.15) is 0 Å². The van der Waals surface area contributed by atoms with Crippen LogP contribution in [0.15, 0.2) is 18.2 Å². The summed E-state index contributed by atoms with van der Waals surface area (Å²) in [6.45, 7) is 3.35. The van der Waals surface area contributed by atoms with Gasteiger partial charge in [-0.1, -0.05) is 0 Å². The minimum Gasteiger partial charge on any atom is -0.355 e. The Kier molecular flexibility index (Phi) is 7.79. The summed E-state index contributed by atoms with van der Waals surface area (Å²) in [6.07, 6.45) is 1.44. The van der Waals surface area contributed by atoms with E-state index in [9.17, 15) is 19.7 Å². The lowest BCUT2D eigenvalue weighted by Crippen LogP contribution is -2.46. The molecule has 0 bridgehead atoms. The summed E-state index contributed by atoms with van der Waals surface area (Å²) in [7, 11) is 0. The number of nitro groups is 1. The van der Waals surface area contributed by atoms with E-state index in [0.717, 1.165) is 6.42 Å². The number of benzene rings is 1. The van der Waals surface area contributed by atoms with E-state index in [1.165, 1.54) is 12.1 Å². The smallest absolute Gasteiger partial charge is 0.270 e. The number of carbonyl (C=O) groups excluding carboxylic acids is 2. The predicted molar refractivity (Wildman–Crippen MR) is 95.8 cm³/mol. The lowest BCUT2D eigenvalue weighted by Gasteiger charge is -2.32. The van der Waals surface area contributed by atoms with Crippen LogP contribution in [0.3, 0.4) is 0 Å². The monoisotopic (exact) mass is 370 g/mol. The van der Waals surface area contributed by atoms with Crippen molar-refractivity contribution < 1.29 is 14.5 Å². The van der Waals surface area contributed by atoms with Gasteiger partial charge in [0.15, 0.2) is 0 Å². The summed E-state index contributed by atoms with van der Waals surface area (Å²) in [5.74, 6) is -0.652. The van der Waals surface area contributed by atoms with Crippen LogP contribution in [0.5, 0.6) is 0 Å². The fourth-order valence-corrected chi connectivity index (χ4v) is 2.89. The van der Waals surface area contributed by atoms with E-state index in [1.54, 1.807) is 17.9 Å². The number of hydrogen-bond acceptors (Lipinski definition) is 5. The second kappa shape index (κ2) is 9.33. The number of rotatable bonds is 5. The van der Waals surface area contributed by atoms with Crippen molar-refractivity contribution in [3.63, 3.8) is 0 Å². The Morgan fingerprint density at radius 3 is 2.76 bits per heavy atom. The third-order valence-corrected chi connectivity index (χ3v) is 4.04. The molecule has 25 heavy (non-hydrogen) atoms. The van der Waals surface area contributed by atoms with Gasteiger partial charge in [0.25, 0.3) is 11.6 Å². The van der Waals surface area contributed by atoms with Crippen LogP contribution in [0.25, 0.3) is 0 Å². The average Bonchev–Trinajstić information content (AvgIpc) is 2.58. The zero-order chi connectivity index (χ0) is 17.7. The number of nitrogens with one attached hydrogen (secondary N) is 1. The molecule has 0 radical (unpaired) electrons. The minimum atomic E-state index is -0.511. The molecule has 1 fully saturated rings. The first-order valence-electron chi connectivity index (χ1n) is 7.95. The topological polar surface area (TPSA) is 119 Å². The van der Waals surface area contributed by atoms with E-state index in [1.807, 2.05) is 0 Å². The molecule has 1 aliphatic heterocycles. The number of nitrogens with zero attached hydrogens (tertiary/aromatic N) is 2. The summed E-state index contributed by atoms with van der Waals surface area (Å²) in [4.78, 5) is 36.8. The molecule has 1 saturated heterocycles. The number of halogens is 1. The molecule has 0 spiro atoms. The van der Waals surface area contributed by atoms with Gasteiger partial charge in [-0.15, -0.1) is 12.4 Å². The highest BCUT2D eigenvalue weighted by atomic mass is 35.5. The molecule has 8 nitrogen and oxygen atoms in total. The zero-order valence-electron chi connectivity index (χ0n) is 14.1. The number of nitro benzene ring substituents is 1. The maximum Gasteiger partial charge on any atom is 0.270 e. The number of carbonyl (C=O) groups is 2. The van der Waals surface area contributed by atoms with Crippen molar-refractivity contribution >= 4 is 29.9 Å². The van der Waals surface area contributed by atoms with Gasteiger partial charge in [0.2, 0.25) is 5.91 Å². The van der Waals surface area contributed by atoms with Crippen molar-refractivity contribution in [2.45, 2.75) is 19.8 Å². The summed E-state index contributed by atoms with van der Waals surface area (Å²) in [6, 6.07) is 4.34. The van der Waals surface area contributed by atoms with E-state index in [4.69, 9.17) is 5.73 Å². The van der Waals surface area contributed by atoms with E-state index in [2.05, 4.69) is 5.32 Å². The molecule has 0 aliphatic carbocycles. The maximum absolute atomic E-state index is 12.7. The molecule has 1 aromatic rings.